The van der Waals surface area contributed by atoms with Gasteiger partial charge in [0, 0.05) is 6.08 Å². The summed E-state index contributed by atoms with van der Waals surface area (Å²) in [6.45, 7) is 0. The molecule has 0 aromatic heterocycles. The molecular formula is C6H6O4S. The molecule has 60 valence electrons. The van der Waals surface area contributed by atoms with Gasteiger partial charge in [-0.1, -0.05) is 0 Å². The van der Waals surface area contributed by atoms with E-state index >= 15 is 0 Å². The summed E-state index contributed by atoms with van der Waals surface area (Å²) in [5, 5.41) is 8.50. The van der Waals surface area contributed by atoms with E-state index in [1.165, 1.54) is 0 Å². The number of carbonyl (C=O) groups is 2. The van der Waals surface area contributed by atoms with Crippen LogP contribution in [-0.2, 0) is 14.3 Å². The minimum atomic E-state index is -1.21. The van der Waals surface area contributed by atoms with Gasteiger partial charge in [0.25, 0.3) is 0 Å². The van der Waals surface area contributed by atoms with Crippen molar-refractivity contribution in [3.05, 3.63) is 12.3 Å². The second kappa shape index (κ2) is 2.96. The molecule has 0 bridgehead atoms. The second-order valence-electron chi connectivity index (χ2n) is 2.05. The van der Waals surface area contributed by atoms with Crippen LogP contribution in [0.15, 0.2) is 12.3 Å². The highest BCUT2D eigenvalue weighted by molar-refractivity contribution is 7.80. The smallest absolute Gasteiger partial charge is 0.319 e. The first-order valence-corrected chi connectivity index (χ1v) is 3.41. The number of ether oxygens (including phenoxy) is 1. The zero-order chi connectivity index (χ0) is 8.43. The molecule has 0 saturated carbocycles. The Morgan fingerprint density at radius 1 is 1.73 bits per heavy atom. The van der Waals surface area contributed by atoms with Crippen molar-refractivity contribution in [1.82, 2.24) is 0 Å². The molecule has 1 aliphatic rings. The Balaban J connectivity index is 2.83. The summed E-state index contributed by atoms with van der Waals surface area (Å²) in [6.07, 6.45) is 2.24. The molecule has 0 amide bonds. The molecular weight excluding hydrogens is 168 g/mol. The highest BCUT2D eigenvalue weighted by Crippen LogP contribution is 2.18. The predicted octanol–water partition coefficient (Wildman–Crippen LogP) is 0.0561. The van der Waals surface area contributed by atoms with Crippen LogP contribution >= 0.6 is 12.6 Å². The molecule has 1 heterocycles. The summed E-state index contributed by atoms with van der Waals surface area (Å²) in [6, 6.07) is 0. The quantitative estimate of drug-likeness (QED) is 0.435. The standard InChI is InChI=1S/C6H6O4S/c7-3-1-2-10-6(11)4(3)5(8)9/h1-2,4,6,11H,(H,8,9). The van der Waals surface area contributed by atoms with Gasteiger partial charge in [-0.3, -0.25) is 9.59 Å². The minimum absolute atomic E-state index is 0.483. The molecule has 0 radical (unpaired) electrons. The van der Waals surface area contributed by atoms with Crippen molar-refractivity contribution < 1.29 is 19.4 Å². The molecule has 1 N–H and O–H groups in total. The third-order valence-electron chi connectivity index (χ3n) is 1.31. The zero-order valence-electron chi connectivity index (χ0n) is 5.43. The van der Waals surface area contributed by atoms with E-state index in [4.69, 9.17) is 9.84 Å². The zero-order valence-corrected chi connectivity index (χ0v) is 6.32. The molecule has 0 spiro atoms. The van der Waals surface area contributed by atoms with Crippen LogP contribution in [0.3, 0.4) is 0 Å². The molecule has 0 fully saturated rings. The van der Waals surface area contributed by atoms with Crippen LogP contribution in [0.4, 0.5) is 0 Å². The molecule has 1 aliphatic heterocycles. The number of hydrogen-bond donors (Lipinski definition) is 2. The summed E-state index contributed by atoms with van der Waals surface area (Å²) in [5.74, 6) is -2.87. The summed E-state index contributed by atoms with van der Waals surface area (Å²) in [7, 11) is 0. The van der Waals surface area contributed by atoms with Gasteiger partial charge >= 0.3 is 5.97 Å². The first-order valence-electron chi connectivity index (χ1n) is 2.89. The molecule has 5 heteroatoms. The third kappa shape index (κ3) is 1.54. The number of rotatable bonds is 1. The molecule has 11 heavy (non-hydrogen) atoms. The van der Waals surface area contributed by atoms with Crippen molar-refractivity contribution in [1.29, 1.82) is 0 Å². The van der Waals surface area contributed by atoms with Crippen LogP contribution in [0.5, 0.6) is 0 Å². The fourth-order valence-corrected chi connectivity index (χ4v) is 1.10. The van der Waals surface area contributed by atoms with Gasteiger partial charge < -0.3 is 9.84 Å². The maximum Gasteiger partial charge on any atom is 0.319 e. The number of thiol groups is 1. The third-order valence-corrected chi connectivity index (χ3v) is 1.73. The van der Waals surface area contributed by atoms with Crippen molar-refractivity contribution in [2.75, 3.05) is 0 Å². The molecule has 0 aliphatic carbocycles. The first kappa shape index (κ1) is 8.13. The maximum absolute atomic E-state index is 10.8. The molecule has 1 rings (SSSR count). The number of carbonyl (C=O) groups excluding carboxylic acids is 1. The number of carboxylic acids is 1. The van der Waals surface area contributed by atoms with Crippen molar-refractivity contribution in [3.8, 4) is 0 Å². The summed E-state index contributed by atoms with van der Waals surface area (Å²) in [4.78, 5) is 21.2. The Morgan fingerprint density at radius 3 is 2.73 bits per heavy atom. The highest BCUT2D eigenvalue weighted by Gasteiger charge is 2.34. The number of aliphatic carboxylic acids is 1. The van der Waals surface area contributed by atoms with Crippen LogP contribution < -0.4 is 0 Å². The molecule has 4 nitrogen and oxygen atoms in total. The number of carboxylic acid groups (broad SMARTS) is 1. The summed E-state index contributed by atoms with van der Waals surface area (Å²) in [5.41, 5.74) is -0.870. The summed E-state index contributed by atoms with van der Waals surface area (Å²) < 4.78 is 4.70. The molecule has 2 atom stereocenters. The first-order chi connectivity index (χ1) is 5.13. The average Bonchev–Trinajstić information content (AvgIpc) is 1.85. The maximum atomic E-state index is 10.8. The normalized spacial score (nSPS) is 29.7. The van der Waals surface area contributed by atoms with Crippen molar-refractivity contribution in [2.45, 2.75) is 5.44 Å². The topological polar surface area (TPSA) is 63.6 Å². The van der Waals surface area contributed by atoms with Crippen LogP contribution in [0.1, 0.15) is 0 Å². The van der Waals surface area contributed by atoms with E-state index in [2.05, 4.69) is 12.6 Å². The molecule has 0 aromatic carbocycles. The number of allylic oxidation sites excluding steroid dienone is 1. The van der Waals surface area contributed by atoms with Gasteiger partial charge in [0.2, 0.25) is 0 Å². The Morgan fingerprint density at radius 2 is 2.36 bits per heavy atom. The molecule has 0 aromatic rings. The number of hydrogen-bond acceptors (Lipinski definition) is 4. The highest BCUT2D eigenvalue weighted by atomic mass is 32.1. The lowest BCUT2D eigenvalue weighted by atomic mass is 10.0. The second-order valence-corrected chi connectivity index (χ2v) is 2.56. The van der Waals surface area contributed by atoms with E-state index in [9.17, 15) is 9.59 Å². The Labute approximate surface area is 68.3 Å². The van der Waals surface area contributed by atoms with Gasteiger partial charge in [-0.15, -0.1) is 12.6 Å². The monoisotopic (exact) mass is 174 g/mol. The lowest BCUT2D eigenvalue weighted by Crippen LogP contribution is -2.34. The molecule has 0 saturated heterocycles. The minimum Gasteiger partial charge on any atom is -0.486 e. The Bertz CT molecular complexity index is 223. The van der Waals surface area contributed by atoms with Crippen LogP contribution in [0.25, 0.3) is 0 Å². The van der Waals surface area contributed by atoms with Gasteiger partial charge in [-0.2, -0.15) is 0 Å². The van der Waals surface area contributed by atoms with E-state index in [0.717, 1.165) is 12.3 Å². The van der Waals surface area contributed by atoms with Gasteiger partial charge in [0.1, 0.15) is 0 Å². The van der Waals surface area contributed by atoms with E-state index in [0.29, 0.717) is 0 Å². The molecule has 2 unspecified atom stereocenters. The van der Waals surface area contributed by atoms with E-state index < -0.39 is 23.1 Å². The Kier molecular flexibility index (Phi) is 2.19. The van der Waals surface area contributed by atoms with E-state index in [1.807, 2.05) is 0 Å². The van der Waals surface area contributed by atoms with Gasteiger partial charge in [0.05, 0.1) is 6.26 Å². The van der Waals surface area contributed by atoms with Crippen LogP contribution in [0.2, 0.25) is 0 Å². The number of ketones is 1. The predicted molar refractivity (Wildman–Crippen MR) is 39.1 cm³/mol. The van der Waals surface area contributed by atoms with Crippen molar-refractivity contribution in [3.63, 3.8) is 0 Å². The van der Waals surface area contributed by atoms with Crippen LogP contribution in [0, 0.1) is 5.92 Å². The lowest BCUT2D eigenvalue weighted by Gasteiger charge is -2.19. The largest absolute Gasteiger partial charge is 0.486 e. The Hall–Kier alpha value is -0.970. The average molecular weight is 174 g/mol. The van der Waals surface area contributed by atoms with Gasteiger partial charge in [0.15, 0.2) is 17.1 Å². The van der Waals surface area contributed by atoms with Gasteiger partial charge in [-0.05, 0) is 0 Å². The van der Waals surface area contributed by atoms with E-state index in [-0.39, 0.29) is 0 Å². The fraction of sp³-hybridized carbons (Fsp3) is 0.333. The summed E-state index contributed by atoms with van der Waals surface area (Å²) >= 11 is 3.78. The van der Waals surface area contributed by atoms with Gasteiger partial charge in [-0.25, -0.2) is 0 Å². The van der Waals surface area contributed by atoms with Crippen molar-refractivity contribution in [2.24, 2.45) is 5.92 Å². The van der Waals surface area contributed by atoms with E-state index in [1.54, 1.807) is 0 Å². The van der Waals surface area contributed by atoms with Crippen LogP contribution in [-0.4, -0.2) is 22.3 Å². The fourth-order valence-electron chi connectivity index (χ4n) is 0.753. The van der Waals surface area contributed by atoms with Crippen molar-refractivity contribution >= 4 is 24.4 Å². The lowest BCUT2D eigenvalue weighted by molar-refractivity contribution is -0.148. The SMILES string of the molecule is O=C(O)C1C(=O)C=COC1S.